The Labute approximate surface area is 218 Å². The van der Waals surface area contributed by atoms with Crippen LogP contribution in [0.2, 0.25) is 0 Å². The van der Waals surface area contributed by atoms with Crippen LogP contribution in [0.25, 0.3) is 11.1 Å². The molecule has 4 heterocycles. The van der Waals surface area contributed by atoms with Crippen molar-refractivity contribution in [1.82, 2.24) is 34.3 Å². The minimum Gasteiger partial charge on any atom is -0.347 e. The molecule has 2 aromatic heterocycles. The number of hydrogen-bond donors (Lipinski definition) is 1. The highest BCUT2D eigenvalue weighted by Crippen LogP contribution is 2.40. The summed E-state index contributed by atoms with van der Waals surface area (Å²) in [6.07, 6.45) is 0.464. The molecule has 5 rings (SSSR count). The quantitative estimate of drug-likeness (QED) is 0.528. The number of amides is 1. The fraction of sp³-hybridized carbons (Fsp3) is 0.423. The van der Waals surface area contributed by atoms with Crippen molar-refractivity contribution < 1.29 is 18.0 Å². The summed E-state index contributed by atoms with van der Waals surface area (Å²) in [4.78, 5) is 19.2. The highest BCUT2D eigenvalue weighted by molar-refractivity contribution is 5.99. The normalized spacial score (nSPS) is 17.6. The Kier molecular flexibility index (Phi) is 6.46. The number of fused-ring (bicyclic) bond motifs is 1. The van der Waals surface area contributed by atoms with E-state index in [4.69, 9.17) is 5.73 Å². The molecule has 38 heavy (non-hydrogen) atoms. The van der Waals surface area contributed by atoms with Gasteiger partial charge in [0.1, 0.15) is 0 Å². The van der Waals surface area contributed by atoms with E-state index in [0.717, 1.165) is 11.4 Å². The number of benzene rings is 1. The summed E-state index contributed by atoms with van der Waals surface area (Å²) in [5.74, 6) is -0.219. The van der Waals surface area contributed by atoms with Gasteiger partial charge in [-0.1, -0.05) is 0 Å². The van der Waals surface area contributed by atoms with Gasteiger partial charge in [-0.15, -0.1) is 0 Å². The van der Waals surface area contributed by atoms with E-state index in [1.54, 1.807) is 28.6 Å². The second-order valence-corrected chi connectivity index (χ2v) is 9.84. The average Bonchev–Trinajstić information content (AvgIpc) is 3.53. The second-order valence-electron chi connectivity index (χ2n) is 9.84. The predicted octanol–water partition coefficient (Wildman–Crippen LogP) is 3.29. The van der Waals surface area contributed by atoms with Crippen molar-refractivity contribution in [3.8, 4) is 11.1 Å². The minimum atomic E-state index is -4.64. The van der Waals surface area contributed by atoms with Gasteiger partial charge in [0.25, 0.3) is 5.91 Å². The van der Waals surface area contributed by atoms with Gasteiger partial charge in [-0.2, -0.15) is 23.4 Å². The van der Waals surface area contributed by atoms with E-state index >= 15 is 0 Å². The number of nitrogens with two attached hydrogens (primary N) is 1. The minimum absolute atomic E-state index is 0.0145. The van der Waals surface area contributed by atoms with Crippen LogP contribution in [-0.4, -0.2) is 60.1 Å². The molecule has 0 saturated heterocycles. The molecule has 0 radical (unpaired) electrons. The standard InChI is InChI=1S/C26H31F3N8O/c1-5-37-15-22(23(32-37)26(27,28)29)20-11-17(13-36-9-8-33(3)25(36)30)12-21-19(20)6-7-35(24(21)38)14-18-10-16(2)31-34(18)4/h8-12,15,25H,5-7,13-14,30H2,1-4H3. The van der Waals surface area contributed by atoms with Gasteiger partial charge in [-0.05, 0) is 55.2 Å². The van der Waals surface area contributed by atoms with Crippen molar-refractivity contribution in [3.63, 3.8) is 0 Å². The number of alkyl halides is 3. The van der Waals surface area contributed by atoms with Crippen LogP contribution in [0.1, 0.15) is 45.5 Å². The van der Waals surface area contributed by atoms with E-state index in [0.29, 0.717) is 54.9 Å². The van der Waals surface area contributed by atoms with E-state index in [1.807, 2.05) is 49.3 Å². The molecule has 1 atom stereocenters. The van der Waals surface area contributed by atoms with Crippen molar-refractivity contribution in [2.75, 3.05) is 13.6 Å². The number of aromatic nitrogens is 4. The van der Waals surface area contributed by atoms with Crippen LogP contribution in [0.15, 0.2) is 36.8 Å². The van der Waals surface area contributed by atoms with E-state index in [-0.39, 0.29) is 11.5 Å². The molecular formula is C26H31F3N8O. The van der Waals surface area contributed by atoms with Gasteiger partial charge in [0.05, 0.1) is 17.9 Å². The first-order chi connectivity index (χ1) is 18.0. The van der Waals surface area contributed by atoms with Crippen molar-refractivity contribution in [3.05, 3.63) is 70.6 Å². The topological polar surface area (TPSA) is 88.5 Å². The third kappa shape index (κ3) is 4.64. The Hall–Kier alpha value is -3.80. The first kappa shape index (κ1) is 25.8. The zero-order valence-corrected chi connectivity index (χ0v) is 21.8. The monoisotopic (exact) mass is 528 g/mol. The van der Waals surface area contributed by atoms with Crippen LogP contribution in [0.5, 0.6) is 0 Å². The van der Waals surface area contributed by atoms with E-state index in [1.165, 1.54) is 10.9 Å². The zero-order valence-electron chi connectivity index (χ0n) is 21.8. The molecule has 2 aliphatic rings. The zero-order chi connectivity index (χ0) is 27.4. The molecule has 202 valence electrons. The number of nitrogens with zero attached hydrogens (tertiary/aromatic N) is 7. The lowest BCUT2D eigenvalue weighted by Gasteiger charge is -2.31. The van der Waals surface area contributed by atoms with Crippen molar-refractivity contribution in [2.45, 2.75) is 52.4 Å². The molecular weight excluding hydrogens is 497 g/mol. The highest BCUT2D eigenvalue weighted by Gasteiger charge is 2.39. The lowest BCUT2D eigenvalue weighted by atomic mass is 9.88. The molecule has 0 bridgehead atoms. The maximum absolute atomic E-state index is 14.1. The number of aryl methyl sites for hydroxylation is 3. The summed E-state index contributed by atoms with van der Waals surface area (Å²) in [7, 11) is 3.67. The van der Waals surface area contributed by atoms with Gasteiger partial charge in [-0.3, -0.25) is 19.9 Å². The number of rotatable bonds is 6. The Morgan fingerprint density at radius 2 is 1.79 bits per heavy atom. The van der Waals surface area contributed by atoms with Gasteiger partial charge >= 0.3 is 6.18 Å². The third-order valence-corrected chi connectivity index (χ3v) is 7.17. The number of carbonyl (C=O) groups excluding carboxylic acids is 1. The SMILES string of the molecule is CCn1cc(-c2cc(CN3C=CN(C)C3N)cc3c2CCN(Cc2cc(C)nn2C)C3=O)c(C(F)(F)F)n1. The van der Waals surface area contributed by atoms with Gasteiger partial charge < -0.3 is 14.7 Å². The molecule has 0 saturated carbocycles. The predicted molar refractivity (Wildman–Crippen MR) is 135 cm³/mol. The van der Waals surface area contributed by atoms with Crippen molar-refractivity contribution in [2.24, 2.45) is 12.8 Å². The van der Waals surface area contributed by atoms with E-state index < -0.39 is 18.2 Å². The smallest absolute Gasteiger partial charge is 0.347 e. The molecule has 0 aliphatic carbocycles. The Bertz CT molecular complexity index is 1410. The highest BCUT2D eigenvalue weighted by atomic mass is 19.4. The molecule has 1 unspecified atom stereocenters. The van der Waals surface area contributed by atoms with E-state index in [9.17, 15) is 18.0 Å². The molecule has 2 N–H and O–H groups in total. The second kappa shape index (κ2) is 9.50. The maximum Gasteiger partial charge on any atom is 0.435 e. The first-order valence-corrected chi connectivity index (χ1v) is 12.5. The Morgan fingerprint density at radius 1 is 1.05 bits per heavy atom. The third-order valence-electron chi connectivity index (χ3n) is 7.17. The van der Waals surface area contributed by atoms with Crippen LogP contribution >= 0.6 is 0 Å². The lowest BCUT2D eigenvalue weighted by molar-refractivity contribution is -0.141. The fourth-order valence-electron chi connectivity index (χ4n) is 5.15. The Balaban J connectivity index is 1.60. The van der Waals surface area contributed by atoms with Crippen LogP contribution in [0.3, 0.4) is 0 Å². The molecule has 0 fully saturated rings. The summed E-state index contributed by atoms with van der Waals surface area (Å²) in [5, 5.41) is 8.18. The van der Waals surface area contributed by atoms with Crippen LogP contribution in [0.4, 0.5) is 13.2 Å². The average molecular weight is 529 g/mol. The number of hydrogen-bond acceptors (Lipinski definition) is 6. The summed E-state index contributed by atoms with van der Waals surface area (Å²) >= 11 is 0. The first-order valence-electron chi connectivity index (χ1n) is 12.5. The molecule has 0 spiro atoms. The summed E-state index contributed by atoms with van der Waals surface area (Å²) in [6.45, 7) is 5.00. The van der Waals surface area contributed by atoms with Crippen molar-refractivity contribution >= 4 is 5.91 Å². The molecule has 1 aromatic carbocycles. The molecule has 9 nitrogen and oxygen atoms in total. The van der Waals surface area contributed by atoms with Gasteiger partial charge in [0.2, 0.25) is 0 Å². The van der Waals surface area contributed by atoms with Gasteiger partial charge in [-0.25, -0.2) is 0 Å². The largest absolute Gasteiger partial charge is 0.435 e. The van der Waals surface area contributed by atoms with Crippen LogP contribution < -0.4 is 5.73 Å². The summed E-state index contributed by atoms with van der Waals surface area (Å²) in [5.41, 5.74) is 9.12. The molecule has 1 amide bonds. The molecule has 3 aromatic rings. The fourth-order valence-corrected chi connectivity index (χ4v) is 5.15. The van der Waals surface area contributed by atoms with Gasteiger partial charge in [0.15, 0.2) is 12.0 Å². The van der Waals surface area contributed by atoms with Gasteiger partial charge in [0, 0.05) is 63.5 Å². The summed E-state index contributed by atoms with van der Waals surface area (Å²) < 4.78 is 45.2. The number of carbonyl (C=O) groups is 1. The van der Waals surface area contributed by atoms with Crippen LogP contribution in [-0.2, 0) is 39.3 Å². The molecule has 2 aliphatic heterocycles. The van der Waals surface area contributed by atoms with E-state index in [2.05, 4.69) is 10.2 Å². The maximum atomic E-state index is 14.1. The van der Waals surface area contributed by atoms with Crippen molar-refractivity contribution in [1.29, 1.82) is 0 Å². The number of halogens is 3. The van der Waals surface area contributed by atoms with Crippen LogP contribution in [0, 0.1) is 6.92 Å². The Morgan fingerprint density at radius 3 is 2.39 bits per heavy atom. The molecule has 12 heteroatoms. The lowest BCUT2D eigenvalue weighted by Crippen LogP contribution is -2.43. The summed E-state index contributed by atoms with van der Waals surface area (Å²) in [6, 6.07) is 5.46.